The minimum absolute atomic E-state index is 0.126. The molecule has 0 aliphatic carbocycles. The molecule has 0 spiro atoms. The van der Waals surface area contributed by atoms with Crippen LogP contribution >= 0.6 is 0 Å². The van der Waals surface area contributed by atoms with Crippen molar-refractivity contribution in [1.29, 1.82) is 0 Å². The lowest BCUT2D eigenvalue weighted by molar-refractivity contribution is -0.678. The van der Waals surface area contributed by atoms with E-state index in [0.717, 1.165) is 30.1 Å². The Morgan fingerprint density at radius 3 is 2.26 bits per heavy atom. The molecule has 1 aromatic heterocycles. The predicted octanol–water partition coefficient (Wildman–Crippen LogP) is 2.24. The number of carbonyl (C=O) groups is 2. The number of hydrazine groups is 1. The number of nitrogens with zero attached hydrogens (tertiary/aromatic N) is 1. The maximum atomic E-state index is 12.4. The maximum Gasteiger partial charge on any atom is 0.293 e. The molecule has 162 valence electrons. The molecule has 7 nitrogen and oxygen atoms in total. The molecule has 4 N–H and O–H groups in total. The van der Waals surface area contributed by atoms with E-state index < -0.39 is 0 Å². The Bertz CT molecular complexity index is 952. The summed E-state index contributed by atoms with van der Waals surface area (Å²) in [7, 11) is 0. The highest BCUT2D eigenvalue weighted by molar-refractivity contribution is 5.95. The number of anilines is 1. The number of carbonyl (C=O) groups excluding carboxylic acids is 2. The van der Waals surface area contributed by atoms with Gasteiger partial charge in [-0.1, -0.05) is 30.3 Å². The van der Waals surface area contributed by atoms with Gasteiger partial charge in [0.15, 0.2) is 18.3 Å². The van der Waals surface area contributed by atoms with Crippen molar-refractivity contribution in [2.24, 2.45) is 0 Å². The predicted molar refractivity (Wildman–Crippen MR) is 119 cm³/mol. The van der Waals surface area contributed by atoms with E-state index >= 15 is 0 Å². The van der Waals surface area contributed by atoms with Gasteiger partial charge in [-0.3, -0.25) is 20.4 Å². The van der Waals surface area contributed by atoms with Crippen LogP contribution in [0.5, 0.6) is 0 Å². The van der Waals surface area contributed by atoms with Crippen LogP contribution in [0.4, 0.5) is 5.69 Å². The highest BCUT2D eigenvalue weighted by atomic mass is 16.3. The van der Waals surface area contributed by atoms with Crippen LogP contribution in [0.15, 0.2) is 77.4 Å². The molecule has 0 radical (unpaired) electrons. The van der Waals surface area contributed by atoms with Crippen LogP contribution in [0.2, 0.25) is 0 Å². The first kappa shape index (κ1) is 22.1. The topological polar surface area (TPSA) is 91.2 Å². The molecular weight excluding hydrogens is 392 g/mol. The van der Waals surface area contributed by atoms with Crippen LogP contribution in [0.1, 0.15) is 41.6 Å². The van der Waals surface area contributed by atoms with Gasteiger partial charge in [0, 0.05) is 29.9 Å². The van der Waals surface area contributed by atoms with Gasteiger partial charge in [0.25, 0.3) is 11.8 Å². The highest BCUT2D eigenvalue weighted by Crippen LogP contribution is 2.18. The summed E-state index contributed by atoms with van der Waals surface area (Å²) in [6.45, 7) is 6.10. The third kappa shape index (κ3) is 5.96. The van der Waals surface area contributed by atoms with E-state index in [0.29, 0.717) is 5.56 Å². The lowest BCUT2D eigenvalue weighted by atomic mass is 10.0. The number of furan rings is 1. The fraction of sp³-hybridized carbons (Fsp3) is 0.250. The zero-order valence-corrected chi connectivity index (χ0v) is 17.9. The van der Waals surface area contributed by atoms with Crippen molar-refractivity contribution in [1.82, 2.24) is 10.9 Å². The molecule has 7 heteroatoms. The zero-order chi connectivity index (χ0) is 22.1. The van der Waals surface area contributed by atoms with Crippen LogP contribution in [-0.4, -0.2) is 31.4 Å². The van der Waals surface area contributed by atoms with E-state index in [4.69, 9.17) is 4.42 Å². The van der Waals surface area contributed by atoms with Gasteiger partial charge >= 0.3 is 0 Å². The standard InChI is InChI=1S/C24H28N4O3/c1-3-28(4-2)20-14-12-19(13-15-20)24(30)27-26-22(29)17-25-23(21-11-8-16-31-21)18-9-6-5-7-10-18/h5-16,23,25H,3-4,17H2,1-2H3,(H,26,29)(H,27,30)/p+1/t23-/m0/s1. The SMILES string of the molecule is CCN(CC)c1ccc(C(=O)NNC(=O)C[NH2+][C@@H](c2ccccc2)c2ccco2)cc1. The largest absolute Gasteiger partial charge is 0.463 e. The van der Waals surface area contributed by atoms with Crippen molar-refractivity contribution in [2.75, 3.05) is 24.5 Å². The van der Waals surface area contributed by atoms with Crippen molar-refractivity contribution >= 4 is 17.5 Å². The minimum atomic E-state index is -0.356. The van der Waals surface area contributed by atoms with E-state index in [-0.39, 0.29) is 24.4 Å². The van der Waals surface area contributed by atoms with Crippen LogP contribution in [-0.2, 0) is 4.79 Å². The Labute approximate surface area is 182 Å². The molecule has 0 bridgehead atoms. The summed E-state index contributed by atoms with van der Waals surface area (Å²) < 4.78 is 5.54. The summed E-state index contributed by atoms with van der Waals surface area (Å²) in [6.07, 6.45) is 1.62. The third-order valence-corrected chi connectivity index (χ3v) is 5.12. The van der Waals surface area contributed by atoms with E-state index in [1.165, 1.54) is 0 Å². The lowest BCUT2D eigenvalue weighted by Gasteiger charge is -2.21. The number of amides is 2. The molecule has 2 aromatic carbocycles. The van der Waals surface area contributed by atoms with Crippen molar-refractivity contribution in [2.45, 2.75) is 19.9 Å². The monoisotopic (exact) mass is 421 g/mol. The molecule has 0 fully saturated rings. The van der Waals surface area contributed by atoms with Crippen molar-refractivity contribution in [3.05, 3.63) is 89.9 Å². The third-order valence-electron chi connectivity index (χ3n) is 5.12. The first-order chi connectivity index (χ1) is 15.1. The van der Waals surface area contributed by atoms with Gasteiger partial charge < -0.3 is 14.6 Å². The summed E-state index contributed by atoms with van der Waals surface area (Å²) >= 11 is 0. The summed E-state index contributed by atoms with van der Waals surface area (Å²) in [6, 6.07) is 20.7. The van der Waals surface area contributed by atoms with Gasteiger partial charge in [0.1, 0.15) is 0 Å². The van der Waals surface area contributed by atoms with E-state index in [2.05, 4.69) is 29.6 Å². The van der Waals surface area contributed by atoms with Crippen LogP contribution in [0, 0.1) is 0 Å². The van der Waals surface area contributed by atoms with Crippen LogP contribution in [0.3, 0.4) is 0 Å². The molecule has 1 atom stereocenters. The van der Waals surface area contributed by atoms with E-state index in [1.54, 1.807) is 18.4 Å². The van der Waals surface area contributed by atoms with E-state index in [1.807, 2.05) is 59.9 Å². The number of nitrogens with two attached hydrogens (primary N) is 1. The molecule has 3 aromatic rings. The van der Waals surface area contributed by atoms with Gasteiger partial charge in [-0.25, -0.2) is 0 Å². The molecule has 0 unspecified atom stereocenters. The Morgan fingerprint density at radius 1 is 0.935 bits per heavy atom. The zero-order valence-electron chi connectivity index (χ0n) is 17.9. The lowest BCUT2D eigenvalue weighted by Crippen LogP contribution is -2.88. The second-order valence-corrected chi connectivity index (χ2v) is 7.07. The summed E-state index contributed by atoms with van der Waals surface area (Å²) in [5.74, 6) is 0.0991. The fourth-order valence-corrected chi connectivity index (χ4v) is 3.43. The van der Waals surface area contributed by atoms with Crippen molar-refractivity contribution < 1.29 is 19.3 Å². The molecule has 0 saturated carbocycles. The maximum absolute atomic E-state index is 12.4. The molecule has 31 heavy (non-hydrogen) atoms. The normalized spacial score (nSPS) is 11.5. The molecule has 1 heterocycles. The average Bonchev–Trinajstić information content (AvgIpc) is 3.34. The van der Waals surface area contributed by atoms with Gasteiger partial charge in [-0.05, 0) is 50.2 Å². The second kappa shape index (κ2) is 11.0. The Kier molecular flexibility index (Phi) is 7.84. The van der Waals surface area contributed by atoms with Gasteiger partial charge in [-0.2, -0.15) is 0 Å². The van der Waals surface area contributed by atoms with Gasteiger partial charge in [-0.15, -0.1) is 0 Å². The quantitative estimate of drug-likeness (QED) is 0.462. The number of rotatable bonds is 9. The molecule has 0 aliphatic heterocycles. The summed E-state index contributed by atoms with van der Waals surface area (Å²) in [4.78, 5) is 26.9. The van der Waals surface area contributed by atoms with Gasteiger partial charge in [0.05, 0.1) is 6.26 Å². The molecule has 2 amide bonds. The number of hydrogen-bond donors (Lipinski definition) is 3. The smallest absolute Gasteiger partial charge is 0.293 e. The average molecular weight is 422 g/mol. The number of quaternary nitrogens is 1. The summed E-state index contributed by atoms with van der Waals surface area (Å²) in [5, 5.41) is 1.87. The van der Waals surface area contributed by atoms with E-state index in [9.17, 15) is 9.59 Å². The first-order valence-electron chi connectivity index (χ1n) is 10.5. The molecular formula is C24H29N4O3+. The second-order valence-electron chi connectivity index (χ2n) is 7.07. The minimum Gasteiger partial charge on any atom is -0.463 e. The molecule has 0 saturated heterocycles. The Hall–Kier alpha value is -3.58. The van der Waals surface area contributed by atoms with Crippen LogP contribution in [0.25, 0.3) is 0 Å². The number of hydrogen-bond acceptors (Lipinski definition) is 4. The van der Waals surface area contributed by atoms with Gasteiger partial charge in [0.2, 0.25) is 0 Å². The molecule has 0 aliphatic rings. The van der Waals surface area contributed by atoms with Crippen molar-refractivity contribution in [3.63, 3.8) is 0 Å². The first-order valence-corrected chi connectivity index (χ1v) is 10.5. The highest BCUT2D eigenvalue weighted by Gasteiger charge is 2.21. The number of nitrogens with one attached hydrogen (secondary N) is 2. The Balaban J connectivity index is 1.53. The van der Waals surface area contributed by atoms with Crippen LogP contribution < -0.4 is 21.1 Å². The fourth-order valence-electron chi connectivity index (χ4n) is 3.43. The number of benzene rings is 2. The van der Waals surface area contributed by atoms with Crippen molar-refractivity contribution in [3.8, 4) is 0 Å². The Morgan fingerprint density at radius 2 is 1.65 bits per heavy atom. The molecule has 3 rings (SSSR count). The summed E-state index contributed by atoms with van der Waals surface area (Å²) in [5.41, 5.74) is 7.53.